The fourth-order valence-electron chi connectivity index (χ4n) is 3.00. The zero-order chi connectivity index (χ0) is 18.2. The number of nitro groups is 1. The van der Waals surface area contributed by atoms with Crippen LogP contribution in [0, 0.1) is 21.6 Å². The summed E-state index contributed by atoms with van der Waals surface area (Å²) in [6, 6.07) is 8.68. The van der Waals surface area contributed by atoms with Gasteiger partial charge < -0.3 is 14.4 Å². The molecule has 0 saturated carbocycles. The van der Waals surface area contributed by atoms with Crippen molar-refractivity contribution in [3.05, 3.63) is 63.8 Å². The first-order chi connectivity index (χ1) is 11.8. The third-order valence-corrected chi connectivity index (χ3v) is 4.24. The number of benzene rings is 1. The molecule has 3 rings (SSSR count). The van der Waals surface area contributed by atoms with Crippen LogP contribution in [-0.4, -0.2) is 26.3 Å². The number of hydrogen-bond acceptors (Lipinski definition) is 6. The van der Waals surface area contributed by atoms with Gasteiger partial charge in [0.05, 0.1) is 11.0 Å². The van der Waals surface area contributed by atoms with Crippen LogP contribution in [0.2, 0.25) is 0 Å². The topological polar surface area (TPSA) is 114 Å². The average Bonchev–Trinajstić information content (AvgIpc) is 2.56. The maximum atomic E-state index is 11.1. The van der Waals surface area contributed by atoms with E-state index in [1.165, 1.54) is 18.2 Å². The Morgan fingerprint density at radius 2 is 2.16 bits per heavy atom. The van der Waals surface area contributed by atoms with Crippen molar-refractivity contribution in [1.82, 2.24) is 4.57 Å². The second kappa shape index (κ2) is 6.03. The number of nitriles is 1. The lowest BCUT2D eigenvalue weighted by Crippen LogP contribution is -2.52. The number of nitrogens with zero attached hydrogens (tertiary/aromatic N) is 4. The van der Waals surface area contributed by atoms with Gasteiger partial charge in [0.2, 0.25) is 6.19 Å². The van der Waals surface area contributed by atoms with Crippen LogP contribution in [0.3, 0.4) is 0 Å². The number of hydrogen-bond donors (Lipinski definition) is 1. The molecule has 128 valence electrons. The van der Waals surface area contributed by atoms with Gasteiger partial charge in [-0.05, 0) is 32.0 Å². The van der Waals surface area contributed by atoms with Gasteiger partial charge in [0.1, 0.15) is 22.9 Å². The molecule has 8 nitrogen and oxygen atoms in total. The molecule has 1 aromatic heterocycles. The standard InChI is InChI=1S/C17H16N4O4/c1-17(2)16(22)15(20-8-4-3-5-14(20)19-10-18)12-9-11(21(23)24)6-7-13(12)25-17/h3-9,15-16,22H,1-2H3. The molecule has 2 aromatic rings. The van der Waals surface area contributed by atoms with Gasteiger partial charge in [-0.25, -0.2) is 0 Å². The van der Waals surface area contributed by atoms with Crippen LogP contribution in [0.15, 0.2) is 47.6 Å². The maximum absolute atomic E-state index is 11.1. The van der Waals surface area contributed by atoms with Crippen molar-refractivity contribution in [1.29, 1.82) is 5.26 Å². The highest BCUT2D eigenvalue weighted by Crippen LogP contribution is 2.42. The predicted octanol–water partition coefficient (Wildman–Crippen LogP) is 1.90. The molecule has 0 bridgehead atoms. The van der Waals surface area contributed by atoms with Crippen molar-refractivity contribution < 1.29 is 14.8 Å². The molecule has 0 amide bonds. The van der Waals surface area contributed by atoms with Crippen molar-refractivity contribution in [3.63, 3.8) is 0 Å². The van der Waals surface area contributed by atoms with Crippen LogP contribution in [0.25, 0.3) is 0 Å². The maximum Gasteiger partial charge on any atom is 0.270 e. The fraction of sp³-hybridized carbons (Fsp3) is 0.294. The number of non-ortho nitro benzene ring substituents is 1. The first-order valence-electron chi connectivity index (χ1n) is 7.60. The lowest BCUT2D eigenvalue weighted by Gasteiger charge is -2.42. The quantitative estimate of drug-likeness (QED) is 0.509. The van der Waals surface area contributed by atoms with Crippen LogP contribution < -0.4 is 10.2 Å². The van der Waals surface area contributed by atoms with Gasteiger partial charge in [0.15, 0.2) is 0 Å². The average molecular weight is 340 g/mol. The highest BCUT2D eigenvalue weighted by atomic mass is 16.6. The van der Waals surface area contributed by atoms with Crippen LogP contribution >= 0.6 is 0 Å². The van der Waals surface area contributed by atoms with Crippen LogP contribution in [-0.2, 0) is 0 Å². The molecule has 0 aliphatic carbocycles. The van der Waals surface area contributed by atoms with E-state index < -0.39 is 22.7 Å². The Morgan fingerprint density at radius 1 is 1.40 bits per heavy atom. The molecule has 0 fully saturated rings. The molecule has 0 radical (unpaired) electrons. The van der Waals surface area contributed by atoms with E-state index >= 15 is 0 Å². The number of aliphatic hydroxyl groups is 1. The molecule has 1 aliphatic rings. The molecule has 1 aromatic carbocycles. The SMILES string of the molecule is CC1(C)Oc2ccc([N+](=O)[O-])cc2C(n2ccccc2=NC#N)C1O. The third kappa shape index (κ3) is 2.86. The van der Waals surface area contributed by atoms with Gasteiger partial charge in [-0.15, -0.1) is 0 Å². The van der Waals surface area contributed by atoms with Gasteiger partial charge in [-0.2, -0.15) is 10.3 Å². The van der Waals surface area contributed by atoms with E-state index in [-0.39, 0.29) is 5.69 Å². The van der Waals surface area contributed by atoms with Crippen LogP contribution in [0.4, 0.5) is 5.69 Å². The molecular formula is C17H16N4O4. The van der Waals surface area contributed by atoms with E-state index in [2.05, 4.69) is 4.99 Å². The summed E-state index contributed by atoms with van der Waals surface area (Å²) in [5, 5.41) is 30.9. The summed E-state index contributed by atoms with van der Waals surface area (Å²) < 4.78 is 7.46. The normalized spacial score (nSPS) is 21.8. The molecule has 0 spiro atoms. The Bertz CT molecular complexity index is 942. The lowest BCUT2D eigenvalue weighted by atomic mass is 9.86. The number of ether oxygens (including phenoxy) is 1. The van der Waals surface area contributed by atoms with Crippen LogP contribution in [0.1, 0.15) is 25.5 Å². The van der Waals surface area contributed by atoms with Gasteiger partial charge >= 0.3 is 0 Å². The highest BCUT2D eigenvalue weighted by Gasteiger charge is 2.44. The predicted molar refractivity (Wildman–Crippen MR) is 87.6 cm³/mol. The second-order valence-electron chi connectivity index (χ2n) is 6.25. The summed E-state index contributed by atoms with van der Waals surface area (Å²) in [6.45, 7) is 3.47. The first-order valence-corrected chi connectivity index (χ1v) is 7.60. The largest absolute Gasteiger partial charge is 0.485 e. The van der Waals surface area contributed by atoms with E-state index in [9.17, 15) is 15.2 Å². The Labute approximate surface area is 143 Å². The molecule has 2 heterocycles. The van der Waals surface area contributed by atoms with Gasteiger partial charge in [-0.1, -0.05) is 6.07 Å². The highest BCUT2D eigenvalue weighted by molar-refractivity contribution is 5.48. The van der Waals surface area contributed by atoms with Gasteiger partial charge in [0, 0.05) is 23.9 Å². The molecule has 8 heteroatoms. The molecule has 2 atom stereocenters. The van der Waals surface area contributed by atoms with Gasteiger partial charge in [0.25, 0.3) is 5.69 Å². The first kappa shape index (κ1) is 16.7. The molecule has 2 unspecified atom stereocenters. The number of aliphatic hydroxyl groups excluding tert-OH is 1. The number of aromatic nitrogens is 1. The van der Waals surface area contributed by atoms with Crippen molar-refractivity contribution in [2.75, 3.05) is 0 Å². The number of fused-ring (bicyclic) bond motifs is 1. The summed E-state index contributed by atoms with van der Waals surface area (Å²) in [7, 11) is 0. The van der Waals surface area contributed by atoms with E-state index in [0.717, 1.165) is 0 Å². The summed E-state index contributed by atoms with van der Waals surface area (Å²) in [5.41, 5.74) is -0.231. The Hall–Kier alpha value is -3.18. The summed E-state index contributed by atoms with van der Waals surface area (Å²) in [5.74, 6) is 0.449. The van der Waals surface area contributed by atoms with Crippen LogP contribution in [0.5, 0.6) is 5.75 Å². The lowest BCUT2D eigenvalue weighted by molar-refractivity contribution is -0.385. The van der Waals surface area contributed by atoms with Crippen molar-refractivity contribution in [2.45, 2.75) is 31.6 Å². The third-order valence-electron chi connectivity index (χ3n) is 4.24. The van der Waals surface area contributed by atoms with Gasteiger partial charge in [-0.3, -0.25) is 10.1 Å². The Morgan fingerprint density at radius 3 is 2.84 bits per heavy atom. The van der Waals surface area contributed by atoms with Crippen molar-refractivity contribution in [3.8, 4) is 11.9 Å². The van der Waals surface area contributed by atoms with E-state index in [4.69, 9.17) is 10.00 Å². The van der Waals surface area contributed by atoms with E-state index in [0.29, 0.717) is 16.8 Å². The monoisotopic (exact) mass is 340 g/mol. The molecule has 25 heavy (non-hydrogen) atoms. The van der Waals surface area contributed by atoms with E-state index in [1.807, 2.05) is 0 Å². The Kier molecular flexibility index (Phi) is 4.02. The Balaban J connectivity index is 2.29. The molecule has 1 aliphatic heterocycles. The summed E-state index contributed by atoms with van der Waals surface area (Å²) in [6.07, 6.45) is 2.40. The fourth-order valence-corrected chi connectivity index (χ4v) is 3.00. The minimum atomic E-state index is -1.01. The molecule has 0 saturated heterocycles. The van der Waals surface area contributed by atoms with Crippen molar-refractivity contribution in [2.24, 2.45) is 4.99 Å². The number of nitro benzene ring substituents is 1. The number of pyridine rings is 1. The minimum Gasteiger partial charge on any atom is -0.485 e. The van der Waals surface area contributed by atoms with Crippen molar-refractivity contribution >= 4 is 5.69 Å². The second-order valence-corrected chi connectivity index (χ2v) is 6.25. The summed E-state index contributed by atoms with van der Waals surface area (Å²) >= 11 is 0. The zero-order valence-corrected chi connectivity index (χ0v) is 13.7. The van der Waals surface area contributed by atoms with E-state index in [1.54, 1.807) is 49.0 Å². The summed E-state index contributed by atoms with van der Waals surface area (Å²) in [4.78, 5) is 14.4. The minimum absolute atomic E-state index is 0.102. The zero-order valence-electron chi connectivity index (χ0n) is 13.7. The molecule has 1 N–H and O–H groups in total. The molecular weight excluding hydrogens is 324 g/mol. The smallest absolute Gasteiger partial charge is 0.270 e. The number of rotatable bonds is 2.